The average molecular weight is 559 g/mol. The number of rotatable bonds is 28. The topological polar surface area (TPSA) is 63.6 Å². The second kappa shape index (κ2) is 31.6. The van der Waals surface area contributed by atoms with Gasteiger partial charge in [-0.3, -0.25) is 9.59 Å². The van der Waals surface area contributed by atoms with E-state index in [0.717, 1.165) is 103 Å². The van der Waals surface area contributed by atoms with Gasteiger partial charge in [-0.25, -0.2) is 0 Å². The Morgan fingerprint density at radius 2 is 1.05 bits per heavy atom. The van der Waals surface area contributed by atoms with Crippen LogP contribution < -0.4 is 0 Å². The first-order chi connectivity index (χ1) is 19.6. The minimum Gasteiger partial charge on any atom is -0.393 e. The molecule has 0 fully saturated rings. The van der Waals surface area contributed by atoms with Crippen LogP contribution in [0.1, 0.15) is 162 Å². The number of hydrogen-bond donors (Lipinski definition) is 1. The van der Waals surface area contributed by atoms with Crippen molar-refractivity contribution in [2.75, 3.05) is 0 Å². The van der Waals surface area contributed by atoms with Crippen LogP contribution in [0.3, 0.4) is 0 Å². The summed E-state index contributed by atoms with van der Waals surface area (Å²) in [5.41, 5.74) is 0. The Hall–Kier alpha value is -1.94. The van der Waals surface area contributed by atoms with E-state index in [1.54, 1.807) is 0 Å². The van der Waals surface area contributed by atoms with Crippen molar-refractivity contribution in [2.24, 2.45) is 0 Å². The van der Waals surface area contributed by atoms with E-state index in [0.29, 0.717) is 12.8 Å². The number of carbonyl (C=O) groups excluding carboxylic acids is 2. The lowest BCUT2D eigenvalue weighted by molar-refractivity contribution is -0.159. The summed E-state index contributed by atoms with van der Waals surface area (Å²) in [6.07, 6.45) is 40.3. The fourth-order valence-electron chi connectivity index (χ4n) is 4.48. The van der Waals surface area contributed by atoms with Crippen LogP contribution in [-0.4, -0.2) is 23.1 Å². The van der Waals surface area contributed by atoms with Gasteiger partial charge < -0.3 is 9.84 Å². The molecule has 1 atom stereocenters. The molecule has 1 unspecified atom stereocenters. The molecule has 0 saturated carbocycles. The lowest BCUT2D eigenvalue weighted by Crippen LogP contribution is -2.11. The van der Waals surface area contributed by atoms with Gasteiger partial charge in [0.1, 0.15) is 0 Å². The number of allylic oxidation sites excluding steroid dienone is 7. The first kappa shape index (κ1) is 38.1. The SMILES string of the molecule is CC/C=C\C/C=C\C/C=C\CCCCCCCC(=O)OC(=O)CCCCCCC/C=C\CC(O)CCCCCC. The Morgan fingerprint density at radius 1 is 0.575 bits per heavy atom. The molecule has 0 spiro atoms. The van der Waals surface area contributed by atoms with E-state index in [-0.39, 0.29) is 18.0 Å². The predicted octanol–water partition coefficient (Wildman–Crippen LogP) is 10.7. The predicted molar refractivity (Wildman–Crippen MR) is 171 cm³/mol. The fraction of sp³-hybridized carbons (Fsp3) is 0.722. The average Bonchev–Trinajstić information content (AvgIpc) is 2.94. The van der Waals surface area contributed by atoms with Crippen LogP contribution in [0.25, 0.3) is 0 Å². The van der Waals surface area contributed by atoms with Crippen LogP contribution in [0, 0.1) is 0 Å². The Balaban J connectivity index is 3.48. The summed E-state index contributed by atoms with van der Waals surface area (Å²) < 4.78 is 4.97. The molecule has 4 nitrogen and oxygen atoms in total. The third-order valence-electron chi connectivity index (χ3n) is 6.98. The molecule has 1 N–H and O–H groups in total. The summed E-state index contributed by atoms with van der Waals surface area (Å²) in [7, 11) is 0. The van der Waals surface area contributed by atoms with Gasteiger partial charge in [0.15, 0.2) is 0 Å². The van der Waals surface area contributed by atoms with Crippen molar-refractivity contribution in [3.63, 3.8) is 0 Å². The first-order valence-electron chi connectivity index (χ1n) is 16.6. The first-order valence-corrected chi connectivity index (χ1v) is 16.6. The molecule has 0 aliphatic rings. The molecule has 0 aromatic heterocycles. The van der Waals surface area contributed by atoms with Crippen molar-refractivity contribution in [1.82, 2.24) is 0 Å². The van der Waals surface area contributed by atoms with Crippen LogP contribution in [0.2, 0.25) is 0 Å². The molecule has 0 radical (unpaired) electrons. The molecular weight excluding hydrogens is 496 g/mol. The minimum absolute atomic E-state index is 0.196. The number of aliphatic hydroxyl groups is 1. The number of esters is 2. The van der Waals surface area contributed by atoms with Gasteiger partial charge in [-0.05, 0) is 70.6 Å². The highest BCUT2D eigenvalue weighted by Gasteiger charge is 2.09. The third-order valence-corrected chi connectivity index (χ3v) is 6.98. The van der Waals surface area contributed by atoms with Crippen LogP contribution >= 0.6 is 0 Å². The molecular formula is C36H62O4. The smallest absolute Gasteiger partial charge is 0.313 e. The van der Waals surface area contributed by atoms with Gasteiger partial charge in [0, 0.05) is 12.8 Å². The van der Waals surface area contributed by atoms with Gasteiger partial charge >= 0.3 is 11.9 Å². The lowest BCUT2D eigenvalue weighted by Gasteiger charge is -2.07. The van der Waals surface area contributed by atoms with Crippen molar-refractivity contribution in [2.45, 2.75) is 168 Å². The van der Waals surface area contributed by atoms with E-state index in [4.69, 9.17) is 4.74 Å². The van der Waals surface area contributed by atoms with Crippen molar-refractivity contribution in [1.29, 1.82) is 0 Å². The molecule has 0 bridgehead atoms. The maximum absolute atomic E-state index is 11.9. The standard InChI is InChI=1S/C36H62O4/c1-3-5-7-9-10-11-12-13-14-15-16-17-21-24-28-32-35(38)40-36(39)33-29-25-22-19-18-20-23-27-31-34(37)30-26-8-6-4-2/h5,7,10-11,13-14,23,27,34,37H,3-4,6,8-9,12,15-22,24-26,28-33H2,1-2H3/b7-5-,11-10-,14-13-,27-23-. The van der Waals surface area contributed by atoms with Gasteiger partial charge in [-0.2, -0.15) is 0 Å². The summed E-state index contributed by atoms with van der Waals surface area (Å²) in [6.45, 7) is 4.35. The molecule has 0 heterocycles. The highest BCUT2D eigenvalue weighted by atomic mass is 16.6. The molecule has 0 aliphatic heterocycles. The Labute approximate surface area is 247 Å². The summed E-state index contributed by atoms with van der Waals surface area (Å²) >= 11 is 0. The summed E-state index contributed by atoms with van der Waals surface area (Å²) in [5.74, 6) is -0.746. The van der Waals surface area contributed by atoms with Crippen LogP contribution in [0.15, 0.2) is 48.6 Å². The molecule has 0 aromatic rings. The molecule has 230 valence electrons. The normalized spacial score (nSPS) is 12.9. The fourth-order valence-corrected chi connectivity index (χ4v) is 4.48. The molecule has 0 amide bonds. The van der Waals surface area contributed by atoms with Crippen molar-refractivity contribution >= 4 is 11.9 Å². The van der Waals surface area contributed by atoms with E-state index in [1.165, 1.54) is 32.1 Å². The quantitative estimate of drug-likeness (QED) is 0.0449. The minimum atomic E-state index is -0.375. The lowest BCUT2D eigenvalue weighted by atomic mass is 10.1. The van der Waals surface area contributed by atoms with Gasteiger partial charge in [0.25, 0.3) is 0 Å². The third kappa shape index (κ3) is 30.6. The van der Waals surface area contributed by atoms with Gasteiger partial charge in [-0.15, -0.1) is 0 Å². The number of ether oxygens (including phenoxy) is 1. The molecule has 0 rings (SSSR count). The summed E-state index contributed by atoms with van der Waals surface area (Å²) in [5, 5.41) is 9.97. The summed E-state index contributed by atoms with van der Waals surface area (Å²) in [6, 6.07) is 0. The Bertz CT molecular complexity index is 689. The van der Waals surface area contributed by atoms with E-state index in [2.05, 4.69) is 62.5 Å². The molecule has 0 aliphatic carbocycles. The van der Waals surface area contributed by atoms with E-state index >= 15 is 0 Å². The second-order valence-corrected chi connectivity index (χ2v) is 11.0. The monoisotopic (exact) mass is 558 g/mol. The highest BCUT2D eigenvalue weighted by Crippen LogP contribution is 2.12. The zero-order valence-corrected chi connectivity index (χ0v) is 26.1. The van der Waals surface area contributed by atoms with Crippen LogP contribution in [0.4, 0.5) is 0 Å². The number of hydrogen-bond acceptors (Lipinski definition) is 4. The highest BCUT2D eigenvalue weighted by molar-refractivity contribution is 5.85. The Kier molecular flexibility index (Phi) is 30.1. The van der Waals surface area contributed by atoms with Crippen LogP contribution in [0.5, 0.6) is 0 Å². The maximum Gasteiger partial charge on any atom is 0.313 e. The van der Waals surface area contributed by atoms with Crippen molar-refractivity contribution in [3.05, 3.63) is 48.6 Å². The van der Waals surface area contributed by atoms with Gasteiger partial charge in [-0.1, -0.05) is 127 Å². The number of carbonyl (C=O) groups is 2. The second-order valence-electron chi connectivity index (χ2n) is 11.0. The molecule has 4 heteroatoms. The zero-order chi connectivity index (χ0) is 29.4. The van der Waals surface area contributed by atoms with E-state index in [9.17, 15) is 14.7 Å². The van der Waals surface area contributed by atoms with E-state index in [1.807, 2.05) is 0 Å². The molecule has 0 saturated heterocycles. The van der Waals surface area contributed by atoms with Gasteiger partial charge in [0.2, 0.25) is 0 Å². The van der Waals surface area contributed by atoms with Gasteiger partial charge in [0.05, 0.1) is 6.10 Å². The molecule has 40 heavy (non-hydrogen) atoms. The largest absolute Gasteiger partial charge is 0.393 e. The number of unbranched alkanes of at least 4 members (excludes halogenated alkanes) is 13. The molecule has 0 aromatic carbocycles. The Morgan fingerprint density at radius 3 is 1.62 bits per heavy atom. The van der Waals surface area contributed by atoms with Crippen molar-refractivity contribution in [3.8, 4) is 0 Å². The maximum atomic E-state index is 11.9. The van der Waals surface area contributed by atoms with Crippen LogP contribution in [-0.2, 0) is 14.3 Å². The van der Waals surface area contributed by atoms with Crippen molar-refractivity contribution < 1.29 is 19.4 Å². The number of aliphatic hydroxyl groups excluding tert-OH is 1. The summed E-state index contributed by atoms with van der Waals surface area (Å²) in [4.78, 5) is 23.8. The van der Waals surface area contributed by atoms with E-state index < -0.39 is 0 Å². The zero-order valence-electron chi connectivity index (χ0n) is 26.1.